The van der Waals surface area contributed by atoms with E-state index in [1.165, 1.54) is 11.3 Å². The number of ketones is 1. The van der Waals surface area contributed by atoms with Crippen molar-refractivity contribution >= 4 is 23.1 Å². The Morgan fingerprint density at radius 1 is 1.55 bits per heavy atom. The number of hydrogen-bond acceptors (Lipinski definition) is 3. The second kappa shape index (κ2) is 3.30. The molecule has 0 saturated carbocycles. The van der Waals surface area contributed by atoms with E-state index in [1.807, 2.05) is 0 Å². The Morgan fingerprint density at radius 3 is 2.73 bits per heavy atom. The lowest BCUT2D eigenvalue weighted by atomic mass is 10.2. The first kappa shape index (κ1) is 7.94. The molecule has 0 spiro atoms. The molecule has 4 heteroatoms. The Balaban J connectivity index is 2.64. The molecule has 11 heavy (non-hydrogen) atoms. The van der Waals surface area contributed by atoms with Crippen molar-refractivity contribution in [2.45, 2.75) is 6.42 Å². The number of carbonyl (C=O) groups excluding carboxylic acids is 1. The molecule has 0 amide bonds. The largest absolute Gasteiger partial charge is 0.481 e. The summed E-state index contributed by atoms with van der Waals surface area (Å²) < 4.78 is 0. The van der Waals surface area contributed by atoms with Gasteiger partial charge in [0.25, 0.3) is 0 Å². The van der Waals surface area contributed by atoms with E-state index in [4.69, 9.17) is 5.11 Å². The van der Waals surface area contributed by atoms with E-state index in [9.17, 15) is 9.59 Å². The number of rotatable bonds is 3. The number of carboxylic acid groups (broad SMARTS) is 1. The summed E-state index contributed by atoms with van der Waals surface area (Å²) in [7, 11) is 0. The lowest BCUT2D eigenvalue weighted by Crippen LogP contribution is -2.04. The molecule has 0 atom stereocenters. The van der Waals surface area contributed by atoms with Crippen LogP contribution in [0.15, 0.2) is 17.5 Å². The van der Waals surface area contributed by atoms with Gasteiger partial charge in [-0.25, -0.2) is 0 Å². The molecule has 1 rings (SSSR count). The predicted molar refractivity (Wildman–Crippen MR) is 40.9 cm³/mol. The highest BCUT2D eigenvalue weighted by atomic mass is 32.1. The van der Waals surface area contributed by atoms with Crippen LogP contribution in [0.4, 0.5) is 0 Å². The summed E-state index contributed by atoms with van der Waals surface area (Å²) >= 11 is 1.26. The van der Waals surface area contributed by atoms with E-state index >= 15 is 0 Å². The molecule has 1 N–H and O–H groups in total. The van der Waals surface area contributed by atoms with Gasteiger partial charge in [0.05, 0.1) is 4.88 Å². The number of hydrogen-bond donors (Lipinski definition) is 1. The lowest BCUT2D eigenvalue weighted by molar-refractivity contribution is -0.135. The second-order valence-corrected chi connectivity index (χ2v) is 2.92. The highest BCUT2D eigenvalue weighted by Crippen LogP contribution is 2.10. The standard InChI is InChI=1S/C7H6O3S/c8-5(4-7(9)10)6-2-1-3-11-6/h1-3H,4H2,(H,9,10). The molecule has 0 aliphatic carbocycles. The van der Waals surface area contributed by atoms with Crippen LogP contribution in [-0.2, 0) is 4.79 Å². The minimum absolute atomic E-state index is 0.326. The minimum Gasteiger partial charge on any atom is -0.481 e. The maximum absolute atomic E-state index is 10.9. The van der Waals surface area contributed by atoms with Crippen molar-refractivity contribution in [1.29, 1.82) is 0 Å². The van der Waals surface area contributed by atoms with Gasteiger partial charge in [-0.3, -0.25) is 9.59 Å². The Hall–Kier alpha value is -1.16. The summed E-state index contributed by atoms with van der Waals surface area (Å²) in [5.41, 5.74) is 0. The first-order valence-corrected chi connectivity index (χ1v) is 3.86. The SMILES string of the molecule is O=C(O)CC(=O)c1cccs1. The van der Waals surface area contributed by atoms with Gasteiger partial charge in [0, 0.05) is 0 Å². The van der Waals surface area contributed by atoms with Gasteiger partial charge in [0.15, 0.2) is 5.78 Å². The van der Waals surface area contributed by atoms with E-state index in [2.05, 4.69) is 0 Å². The normalized spacial score (nSPS) is 9.45. The van der Waals surface area contributed by atoms with Gasteiger partial charge < -0.3 is 5.11 Å². The first-order chi connectivity index (χ1) is 5.20. The quantitative estimate of drug-likeness (QED) is 0.551. The molecule has 0 aliphatic heterocycles. The zero-order valence-corrected chi connectivity index (χ0v) is 6.43. The van der Waals surface area contributed by atoms with Crippen LogP contribution in [0, 0.1) is 0 Å². The van der Waals surface area contributed by atoms with Crippen molar-refractivity contribution in [2.24, 2.45) is 0 Å². The van der Waals surface area contributed by atoms with Crippen LogP contribution >= 0.6 is 11.3 Å². The van der Waals surface area contributed by atoms with E-state index in [-0.39, 0.29) is 5.78 Å². The fraction of sp³-hybridized carbons (Fsp3) is 0.143. The minimum atomic E-state index is -1.08. The Bertz CT molecular complexity index is 263. The van der Waals surface area contributed by atoms with E-state index in [0.717, 1.165) is 0 Å². The van der Waals surface area contributed by atoms with Crippen LogP contribution in [0.1, 0.15) is 16.1 Å². The van der Waals surface area contributed by atoms with Crippen LogP contribution in [0.2, 0.25) is 0 Å². The third kappa shape index (κ3) is 2.16. The van der Waals surface area contributed by atoms with Crippen LogP contribution < -0.4 is 0 Å². The maximum Gasteiger partial charge on any atom is 0.311 e. The van der Waals surface area contributed by atoms with Crippen molar-refractivity contribution in [2.75, 3.05) is 0 Å². The molecule has 0 radical (unpaired) electrons. The third-order valence-electron chi connectivity index (χ3n) is 1.11. The topological polar surface area (TPSA) is 54.4 Å². The van der Waals surface area contributed by atoms with Crippen molar-refractivity contribution < 1.29 is 14.7 Å². The molecular weight excluding hydrogens is 164 g/mol. The maximum atomic E-state index is 10.9. The van der Waals surface area contributed by atoms with Crippen molar-refractivity contribution in [3.05, 3.63) is 22.4 Å². The molecule has 1 heterocycles. The van der Waals surface area contributed by atoms with Crippen molar-refractivity contribution in [1.82, 2.24) is 0 Å². The fourth-order valence-electron chi connectivity index (χ4n) is 0.662. The summed E-state index contributed by atoms with van der Waals surface area (Å²) in [5, 5.41) is 10.0. The smallest absolute Gasteiger partial charge is 0.311 e. The zero-order chi connectivity index (χ0) is 8.27. The highest BCUT2D eigenvalue weighted by Gasteiger charge is 2.10. The summed E-state index contributed by atoms with van der Waals surface area (Å²) in [6, 6.07) is 3.34. The van der Waals surface area contributed by atoms with Gasteiger partial charge in [0.1, 0.15) is 6.42 Å². The van der Waals surface area contributed by atoms with Crippen LogP contribution in [-0.4, -0.2) is 16.9 Å². The molecule has 0 fully saturated rings. The molecule has 0 saturated heterocycles. The molecule has 1 aromatic rings. The number of aliphatic carboxylic acids is 1. The molecular formula is C7H6O3S. The molecule has 1 aromatic heterocycles. The Kier molecular flexibility index (Phi) is 2.38. The third-order valence-corrected chi connectivity index (χ3v) is 2.02. The Morgan fingerprint density at radius 2 is 2.27 bits per heavy atom. The highest BCUT2D eigenvalue weighted by molar-refractivity contribution is 7.12. The number of carbonyl (C=O) groups is 2. The number of Topliss-reactive ketones (excluding diaryl/α,β-unsaturated/α-hetero) is 1. The number of carboxylic acids is 1. The predicted octanol–water partition coefficient (Wildman–Crippen LogP) is 1.41. The first-order valence-electron chi connectivity index (χ1n) is 2.98. The van der Waals surface area contributed by atoms with Gasteiger partial charge in [-0.05, 0) is 11.4 Å². The van der Waals surface area contributed by atoms with Crippen LogP contribution in [0.5, 0.6) is 0 Å². The molecule has 0 aromatic carbocycles. The van der Waals surface area contributed by atoms with Crippen molar-refractivity contribution in [3.8, 4) is 0 Å². The average Bonchev–Trinajstić information content (AvgIpc) is 2.35. The van der Waals surface area contributed by atoms with Gasteiger partial charge in [0.2, 0.25) is 0 Å². The summed E-state index contributed by atoms with van der Waals surface area (Å²) in [6.45, 7) is 0. The molecule has 3 nitrogen and oxygen atoms in total. The zero-order valence-electron chi connectivity index (χ0n) is 5.61. The fourth-order valence-corrected chi connectivity index (χ4v) is 1.33. The van der Waals surface area contributed by atoms with Gasteiger partial charge >= 0.3 is 5.97 Å². The van der Waals surface area contributed by atoms with Gasteiger partial charge in [-0.2, -0.15) is 0 Å². The van der Waals surface area contributed by atoms with Crippen LogP contribution in [0.25, 0.3) is 0 Å². The summed E-state index contributed by atoms with van der Waals surface area (Å²) in [6.07, 6.45) is -0.416. The average molecular weight is 170 g/mol. The monoisotopic (exact) mass is 170 g/mol. The van der Waals surface area contributed by atoms with Crippen LogP contribution in [0.3, 0.4) is 0 Å². The summed E-state index contributed by atoms with van der Waals surface area (Å²) in [5.74, 6) is -1.41. The molecule has 0 unspecified atom stereocenters. The molecule has 0 bridgehead atoms. The second-order valence-electron chi connectivity index (χ2n) is 1.97. The van der Waals surface area contributed by atoms with E-state index < -0.39 is 12.4 Å². The van der Waals surface area contributed by atoms with E-state index in [1.54, 1.807) is 17.5 Å². The lowest BCUT2D eigenvalue weighted by Gasteiger charge is -1.89. The van der Waals surface area contributed by atoms with Crippen molar-refractivity contribution in [3.63, 3.8) is 0 Å². The Labute approximate surface area is 67.3 Å². The van der Waals surface area contributed by atoms with Gasteiger partial charge in [-0.1, -0.05) is 6.07 Å². The molecule has 58 valence electrons. The van der Waals surface area contributed by atoms with Gasteiger partial charge in [-0.15, -0.1) is 11.3 Å². The van der Waals surface area contributed by atoms with E-state index in [0.29, 0.717) is 4.88 Å². The number of thiophene rings is 1. The summed E-state index contributed by atoms with van der Waals surface area (Å²) in [4.78, 5) is 21.5. The molecule has 0 aliphatic rings.